The molecule has 0 saturated heterocycles. The number of halogens is 1. The number of rotatable bonds is 9. The van der Waals surface area contributed by atoms with E-state index in [4.69, 9.17) is 16.3 Å². The molecule has 0 aliphatic rings. The Morgan fingerprint density at radius 3 is 2.42 bits per heavy atom. The van der Waals surface area contributed by atoms with Gasteiger partial charge in [-0.05, 0) is 35.7 Å². The maximum atomic E-state index is 5.91. The largest absolute Gasteiger partial charge is 0.494 e. The minimum absolute atomic E-state index is 0.255. The van der Waals surface area contributed by atoms with E-state index in [0.29, 0.717) is 0 Å². The van der Waals surface area contributed by atoms with Crippen molar-refractivity contribution in [3.8, 4) is 16.9 Å². The van der Waals surface area contributed by atoms with Gasteiger partial charge in [-0.1, -0.05) is 44.7 Å². The van der Waals surface area contributed by atoms with Gasteiger partial charge in [0.2, 0.25) is 5.28 Å². The highest BCUT2D eigenvalue weighted by atomic mass is 35.5. The van der Waals surface area contributed by atoms with Gasteiger partial charge in [-0.3, -0.25) is 0 Å². The molecular formula is C19H26ClN3O. The van der Waals surface area contributed by atoms with Crippen LogP contribution in [0, 0.1) is 0 Å². The van der Waals surface area contributed by atoms with Crippen LogP contribution in [0.3, 0.4) is 0 Å². The maximum Gasteiger partial charge on any atom is 0.224 e. The Balaban J connectivity index is 1.97. The third-order valence-corrected chi connectivity index (χ3v) is 4.03. The first-order valence-corrected chi connectivity index (χ1v) is 8.92. The van der Waals surface area contributed by atoms with E-state index in [0.717, 1.165) is 35.7 Å². The summed E-state index contributed by atoms with van der Waals surface area (Å²) in [6.07, 6.45) is 7.98. The molecule has 0 spiro atoms. The lowest BCUT2D eigenvalue weighted by molar-refractivity contribution is 0.304. The van der Waals surface area contributed by atoms with Crippen LogP contribution in [0.4, 0.5) is 5.82 Å². The number of nitrogens with zero attached hydrogens (tertiary/aromatic N) is 3. The Kier molecular flexibility index (Phi) is 7.32. The molecule has 0 aliphatic carbocycles. The van der Waals surface area contributed by atoms with Crippen molar-refractivity contribution in [2.45, 2.75) is 39.0 Å². The molecule has 0 saturated carbocycles. The van der Waals surface area contributed by atoms with Crippen LogP contribution >= 0.6 is 11.6 Å². The summed E-state index contributed by atoms with van der Waals surface area (Å²) in [6.45, 7) is 3.00. The topological polar surface area (TPSA) is 38.3 Å². The van der Waals surface area contributed by atoms with E-state index in [1.807, 2.05) is 43.3 Å². The van der Waals surface area contributed by atoms with E-state index in [2.05, 4.69) is 16.9 Å². The number of hydrogen-bond donors (Lipinski definition) is 0. The van der Waals surface area contributed by atoms with E-state index in [1.165, 1.54) is 25.7 Å². The molecule has 1 heterocycles. The van der Waals surface area contributed by atoms with Crippen molar-refractivity contribution in [2.24, 2.45) is 0 Å². The molecular weight excluding hydrogens is 322 g/mol. The molecule has 0 bridgehead atoms. The lowest BCUT2D eigenvalue weighted by Gasteiger charge is -2.16. The van der Waals surface area contributed by atoms with E-state index in [-0.39, 0.29) is 5.28 Å². The summed E-state index contributed by atoms with van der Waals surface area (Å²) < 4.78 is 5.81. The molecule has 0 aliphatic heterocycles. The Labute approximate surface area is 149 Å². The summed E-state index contributed by atoms with van der Waals surface area (Å²) in [7, 11) is 3.89. The van der Waals surface area contributed by atoms with Crippen LogP contribution in [-0.2, 0) is 0 Å². The quantitative estimate of drug-likeness (QED) is 0.461. The van der Waals surface area contributed by atoms with Gasteiger partial charge in [0.05, 0.1) is 6.61 Å². The second kappa shape index (κ2) is 9.48. The fourth-order valence-corrected chi connectivity index (χ4v) is 2.65. The first kappa shape index (κ1) is 18.5. The van der Waals surface area contributed by atoms with Gasteiger partial charge in [0.25, 0.3) is 0 Å². The number of hydrogen-bond acceptors (Lipinski definition) is 4. The van der Waals surface area contributed by atoms with Gasteiger partial charge in [-0.15, -0.1) is 0 Å². The number of benzene rings is 1. The molecule has 0 atom stereocenters. The summed E-state index contributed by atoms with van der Waals surface area (Å²) in [5, 5.41) is 0.255. The van der Waals surface area contributed by atoms with Crippen LogP contribution < -0.4 is 9.64 Å². The SMILES string of the molecule is CCCCCCCOc1ccc(-c2cnc(Cl)nc2N(C)C)cc1. The van der Waals surface area contributed by atoms with Gasteiger partial charge in [-0.2, -0.15) is 4.98 Å². The predicted octanol–water partition coefficient (Wildman–Crippen LogP) is 5.21. The lowest BCUT2D eigenvalue weighted by atomic mass is 10.1. The van der Waals surface area contributed by atoms with Gasteiger partial charge >= 0.3 is 0 Å². The first-order chi connectivity index (χ1) is 11.6. The highest BCUT2D eigenvalue weighted by molar-refractivity contribution is 6.28. The van der Waals surface area contributed by atoms with Gasteiger partial charge in [0.1, 0.15) is 11.6 Å². The molecule has 130 valence electrons. The first-order valence-electron chi connectivity index (χ1n) is 8.55. The normalized spacial score (nSPS) is 10.7. The van der Waals surface area contributed by atoms with Gasteiger partial charge in [0.15, 0.2) is 0 Å². The summed E-state index contributed by atoms with van der Waals surface area (Å²) >= 11 is 5.91. The zero-order valence-corrected chi connectivity index (χ0v) is 15.5. The highest BCUT2D eigenvalue weighted by Gasteiger charge is 2.10. The van der Waals surface area contributed by atoms with Crippen molar-refractivity contribution in [3.05, 3.63) is 35.7 Å². The number of ether oxygens (including phenoxy) is 1. The smallest absolute Gasteiger partial charge is 0.224 e. The Morgan fingerprint density at radius 1 is 1.04 bits per heavy atom. The molecule has 1 aromatic carbocycles. The van der Waals surface area contributed by atoms with Crippen molar-refractivity contribution in [1.82, 2.24) is 9.97 Å². The van der Waals surface area contributed by atoms with Crippen molar-refractivity contribution >= 4 is 17.4 Å². The van der Waals surface area contributed by atoms with Crippen molar-refractivity contribution in [3.63, 3.8) is 0 Å². The second-order valence-electron chi connectivity index (χ2n) is 6.06. The fourth-order valence-electron chi connectivity index (χ4n) is 2.52. The standard InChI is InChI=1S/C19H26ClN3O/c1-4-5-6-7-8-13-24-16-11-9-15(10-12-16)17-14-21-19(20)22-18(17)23(2)3/h9-12,14H,4-8,13H2,1-3H3. The minimum atomic E-state index is 0.255. The molecule has 1 aromatic heterocycles. The van der Waals surface area contributed by atoms with Gasteiger partial charge in [0, 0.05) is 25.9 Å². The van der Waals surface area contributed by atoms with Crippen LogP contribution in [0.5, 0.6) is 5.75 Å². The van der Waals surface area contributed by atoms with Gasteiger partial charge < -0.3 is 9.64 Å². The molecule has 0 unspecified atom stereocenters. The Hall–Kier alpha value is -1.81. The molecule has 0 amide bonds. The highest BCUT2D eigenvalue weighted by Crippen LogP contribution is 2.29. The summed E-state index contributed by atoms with van der Waals surface area (Å²) in [5.41, 5.74) is 2.00. The molecule has 0 radical (unpaired) electrons. The van der Waals surface area contributed by atoms with Crippen LogP contribution in [-0.4, -0.2) is 30.7 Å². The third kappa shape index (κ3) is 5.38. The molecule has 2 rings (SSSR count). The number of aromatic nitrogens is 2. The Bertz CT molecular complexity index is 629. The summed E-state index contributed by atoms with van der Waals surface area (Å²) in [6, 6.07) is 8.06. The van der Waals surface area contributed by atoms with Crippen LogP contribution in [0.1, 0.15) is 39.0 Å². The van der Waals surface area contributed by atoms with Crippen molar-refractivity contribution in [1.29, 1.82) is 0 Å². The number of unbranched alkanes of at least 4 members (excludes halogenated alkanes) is 4. The van der Waals surface area contributed by atoms with E-state index in [9.17, 15) is 0 Å². The van der Waals surface area contributed by atoms with Crippen molar-refractivity contribution in [2.75, 3.05) is 25.6 Å². The average Bonchev–Trinajstić information content (AvgIpc) is 2.58. The van der Waals surface area contributed by atoms with Crippen molar-refractivity contribution < 1.29 is 4.74 Å². The van der Waals surface area contributed by atoms with E-state index < -0.39 is 0 Å². The van der Waals surface area contributed by atoms with Crippen LogP contribution in [0.2, 0.25) is 5.28 Å². The molecule has 2 aromatic rings. The maximum absolute atomic E-state index is 5.91. The summed E-state index contributed by atoms with van der Waals surface area (Å²) in [5.74, 6) is 1.70. The molecule has 0 fully saturated rings. The monoisotopic (exact) mass is 347 g/mol. The van der Waals surface area contributed by atoms with E-state index in [1.54, 1.807) is 6.20 Å². The number of anilines is 1. The molecule has 5 heteroatoms. The van der Waals surface area contributed by atoms with Crippen LogP contribution in [0.15, 0.2) is 30.5 Å². The third-order valence-electron chi connectivity index (χ3n) is 3.84. The van der Waals surface area contributed by atoms with Crippen LogP contribution in [0.25, 0.3) is 11.1 Å². The van der Waals surface area contributed by atoms with Gasteiger partial charge in [-0.25, -0.2) is 4.98 Å². The summed E-state index contributed by atoms with van der Waals surface area (Å²) in [4.78, 5) is 10.3. The molecule has 24 heavy (non-hydrogen) atoms. The second-order valence-corrected chi connectivity index (χ2v) is 6.40. The van der Waals surface area contributed by atoms with E-state index >= 15 is 0 Å². The molecule has 0 N–H and O–H groups in total. The average molecular weight is 348 g/mol. The zero-order chi connectivity index (χ0) is 17.4. The minimum Gasteiger partial charge on any atom is -0.494 e. The zero-order valence-electron chi connectivity index (χ0n) is 14.8. The molecule has 4 nitrogen and oxygen atoms in total. The lowest BCUT2D eigenvalue weighted by Crippen LogP contribution is -2.12. The predicted molar refractivity (Wildman–Crippen MR) is 101 cm³/mol. The fraction of sp³-hybridized carbons (Fsp3) is 0.474. The Morgan fingerprint density at radius 2 is 1.75 bits per heavy atom.